The molecule has 2 aromatic rings. The first-order valence-corrected chi connectivity index (χ1v) is 9.02. The van der Waals surface area contributed by atoms with Crippen molar-refractivity contribution in [2.24, 2.45) is 0 Å². The van der Waals surface area contributed by atoms with Crippen LogP contribution in [0.25, 0.3) is 0 Å². The molecule has 1 unspecified atom stereocenters. The number of aromatic hydroxyl groups is 1. The third kappa shape index (κ3) is 6.49. The summed E-state index contributed by atoms with van der Waals surface area (Å²) in [5.74, 6) is 0.476. The Morgan fingerprint density at radius 1 is 1.22 bits per heavy atom. The van der Waals surface area contributed by atoms with Crippen molar-refractivity contribution in [1.82, 2.24) is 10.2 Å². The topological polar surface area (TPSA) is 71.0 Å². The van der Waals surface area contributed by atoms with Gasteiger partial charge in [0.2, 0.25) is 0 Å². The smallest absolute Gasteiger partial charge is 0.317 e. The van der Waals surface area contributed by atoms with Crippen molar-refractivity contribution < 1.29 is 19.4 Å². The normalized spacial score (nSPS) is 11.7. The standard InChI is InChI=1S/C21H28N2O4/c1-16(18-8-5-4-6-9-18)27-13-7-12-22-21(25)23(2)15-17-10-11-20(26-3)19(24)14-17/h4-6,8-11,14,16,24H,7,12-13,15H2,1-3H3,(H,22,25). The summed E-state index contributed by atoms with van der Waals surface area (Å²) in [4.78, 5) is 13.7. The number of nitrogens with zero attached hydrogens (tertiary/aromatic N) is 1. The molecule has 0 aliphatic rings. The lowest BCUT2D eigenvalue weighted by atomic mass is 10.1. The van der Waals surface area contributed by atoms with Gasteiger partial charge in [0.05, 0.1) is 13.2 Å². The van der Waals surface area contributed by atoms with Crippen LogP contribution in [0.2, 0.25) is 0 Å². The first-order chi connectivity index (χ1) is 13.0. The van der Waals surface area contributed by atoms with Crippen LogP contribution >= 0.6 is 0 Å². The van der Waals surface area contributed by atoms with Crippen molar-refractivity contribution in [1.29, 1.82) is 0 Å². The molecular formula is C21H28N2O4. The zero-order valence-corrected chi connectivity index (χ0v) is 16.1. The largest absolute Gasteiger partial charge is 0.504 e. The van der Waals surface area contributed by atoms with E-state index in [-0.39, 0.29) is 17.9 Å². The van der Waals surface area contributed by atoms with Crippen LogP contribution < -0.4 is 10.1 Å². The lowest BCUT2D eigenvalue weighted by Crippen LogP contribution is -2.37. The number of benzene rings is 2. The Morgan fingerprint density at radius 2 is 1.96 bits per heavy atom. The van der Waals surface area contributed by atoms with Gasteiger partial charge in [-0.2, -0.15) is 0 Å². The second-order valence-corrected chi connectivity index (χ2v) is 6.37. The Kier molecular flexibility index (Phi) is 7.95. The van der Waals surface area contributed by atoms with Crippen molar-refractivity contribution in [3.05, 3.63) is 59.7 Å². The molecule has 0 aliphatic heterocycles. The van der Waals surface area contributed by atoms with Crippen LogP contribution in [0.15, 0.2) is 48.5 Å². The number of ether oxygens (including phenoxy) is 2. The summed E-state index contributed by atoms with van der Waals surface area (Å²) >= 11 is 0. The van der Waals surface area contributed by atoms with Crippen molar-refractivity contribution in [2.75, 3.05) is 27.3 Å². The number of hydrogen-bond acceptors (Lipinski definition) is 4. The van der Waals surface area contributed by atoms with Gasteiger partial charge in [0.25, 0.3) is 0 Å². The van der Waals surface area contributed by atoms with E-state index in [1.54, 1.807) is 24.1 Å². The first kappa shape index (κ1) is 20.6. The highest BCUT2D eigenvalue weighted by Crippen LogP contribution is 2.26. The monoisotopic (exact) mass is 372 g/mol. The number of carbonyl (C=O) groups excluding carboxylic acids is 1. The molecule has 146 valence electrons. The summed E-state index contributed by atoms with van der Waals surface area (Å²) in [7, 11) is 3.21. The minimum atomic E-state index is -0.165. The number of hydrogen-bond donors (Lipinski definition) is 2. The van der Waals surface area contributed by atoms with E-state index in [9.17, 15) is 9.90 Å². The molecule has 0 heterocycles. The SMILES string of the molecule is COc1ccc(CN(C)C(=O)NCCCOC(C)c2ccccc2)cc1O. The molecule has 6 heteroatoms. The third-order valence-corrected chi connectivity index (χ3v) is 4.24. The maximum Gasteiger partial charge on any atom is 0.317 e. The predicted molar refractivity (Wildman–Crippen MR) is 105 cm³/mol. The summed E-state index contributed by atoms with van der Waals surface area (Å²) in [6, 6.07) is 15.0. The number of phenols is 1. The van der Waals surface area contributed by atoms with Gasteiger partial charge in [0.15, 0.2) is 11.5 Å². The Labute approximate surface area is 160 Å². The Morgan fingerprint density at radius 3 is 2.63 bits per heavy atom. The van der Waals surface area contributed by atoms with Gasteiger partial charge in [-0.25, -0.2) is 4.79 Å². The van der Waals surface area contributed by atoms with Crippen LogP contribution in [0, 0.1) is 0 Å². The van der Waals surface area contributed by atoms with Gasteiger partial charge in [-0.15, -0.1) is 0 Å². The van der Waals surface area contributed by atoms with Crippen LogP contribution in [-0.2, 0) is 11.3 Å². The molecule has 2 N–H and O–H groups in total. The van der Waals surface area contributed by atoms with E-state index in [1.165, 1.54) is 7.11 Å². The first-order valence-electron chi connectivity index (χ1n) is 9.02. The minimum absolute atomic E-state index is 0.0346. The molecule has 0 saturated carbocycles. The Hall–Kier alpha value is -2.73. The average Bonchev–Trinajstić information content (AvgIpc) is 2.68. The molecule has 0 aromatic heterocycles. The van der Waals surface area contributed by atoms with E-state index in [2.05, 4.69) is 5.32 Å². The molecule has 27 heavy (non-hydrogen) atoms. The van der Waals surface area contributed by atoms with Crippen LogP contribution in [0.1, 0.15) is 30.6 Å². The molecule has 0 aliphatic carbocycles. The van der Waals surface area contributed by atoms with E-state index in [4.69, 9.17) is 9.47 Å². The second kappa shape index (κ2) is 10.4. The van der Waals surface area contributed by atoms with E-state index in [0.29, 0.717) is 25.4 Å². The predicted octanol–water partition coefficient (Wildman–Crippen LogP) is 3.71. The zero-order valence-electron chi connectivity index (χ0n) is 16.1. The number of urea groups is 1. The zero-order chi connectivity index (χ0) is 19.6. The molecule has 0 saturated heterocycles. The molecule has 0 spiro atoms. The van der Waals surface area contributed by atoms with Gasteiger partial charge in [-0.3, -0.25) is 0 Å². The minimum Gasteiger partial charge on any atom is -0.504 e. The molecule has 2 rings (SSSR count). The van der Waals surface area contributed by atoms with Crippen LogP contribution in [0.5, 0.6) is 11.5 Å². The molecule has 2 aromatic carbocycles. The number of amides is 2. The van der Waals surface area contributed by atoms with Crippen LogP contribution in [0.4, 0.5) is 4.79 Å². The van der Waals surface area contributed by atoms with Crippen molar-refractivity contribution in [3.63, 3.8) is 0 Å². The molecule has 0 bridgehead atoms. The summed E-state index contributed by atoms with van der Waals surface area (Å²) in [5.41, 5.74) is 1.97. The van der Waals surface area contributed by atoms with E-state index in [0.717, 1.165) is 17.5 Å². The highest BCUT2D eigenvalue weighted by Gasteiger charge is 2.10. The van der Waals surface area contributed by atoms with Crippen molar-refractivity contribution >= 4 is 6.03 Å². The van der Waals surface area contributed by atoms with Crippen LogP contribution in [0.3, 0.4) is 0 Å². The number of rotatable bonds is 9. The Balaban J connectivity index is 1.67. The fourth-order valence-corrected chi connectivity index (χ4v) is 2.66. The van der Waals surface area contributed by atoms with E-state index >= 15 is 0 Å². The summed E-state index contributed by atoms with van der Waals surface area (Å²) in [6.07, 6.45) is 0.771. The maximum absolute atomic E-state index is 12.2. The molecule has 2 amide bonds. The summed E-state index contributed by atoms with van der Waals surface area (Å²) in [6.45, 7) is 3.53. The van der Waals surface area contributed by atoms with Gasteiger partial charge in [0, 0.05) is 26.7 Å². The van der Waals surface area contributed by atoms with Crippen LogP contribution in [-0.4, -0.2) is 43.3 Å². The highest BCUT2D eigenvalue weighted by molar-refractivity contribution is 5.73. The van der Waals surface area contributed by atoms with Crippen molar-refractivity contribution in [2.45, 2.75) is 26.0 Å². The van der Waals surface area contributed by atoms with Crippen molar-refractivity contribution in [3.8, 4) is 11.5 Å². The Bertz CT molecular complexity index is 721. The fourth-order valence-electron chi connectivity index (χ4n) is 2.66. The summed E-state index contributed by atoms with van der Waals surface area (Å²) < 4.78 is 10.8. The summed E-state index contributed by atoms with van der Waals surface area (Å²) in [5, 5.41) is 12.7. The highest BCUT2D eigenvalue weighted by atomic mass is 16.5. The number of carbonyl (C=O) groups is 1. The molecular weight excluding hydrogens is 344 g/mol. The van der Waals surface area contributed by atoms with Gasteiger partial charge in [0.1, 0.15) is 0 Å². The number of phenolic OH excluding ortho intramolecular Hbond substituents is 1. The number of nitrogens with one attached hydrogen (secondary N) is 1. The van der Waals surface area contributed by atoms with Gasteiger partial charge < -0.3 is 24.8 Å². The average molecular weight is 372 g/mol. The number of methoxy groups -OCH3 is 1. The van der Waals surface area contributed by atoms with E-state index < -0.39 is 0 Å². The molecule has 1 atom stereocenters. The quantitative estimate of drug-likeness (QED) is 0.658. The van der Waals surface area contributed by atoms with E-state index in [1.807, 2.05) is 43.3 Å². The molecule has 0 fully saturated rings. The maximum atomic E-state index is 12.2. The molecule has 6 nitrogen and oxygen atoms in total. The lowest BCUT2D eigenvalue weighted by Gasteiger charge is -2.19. The van der Waals surface area contributed by atoms with Gasteiger partial charge in [-0.05, 0) is 36.6 Å². The lowest BCUT2D eigenvalue weighted by molar-refractivity contribution is 0.0642. The fraction of sp³-hybridized carbons (Fsp3) is 0.381. The second-order valence-electron chi connectivity index (χ2n) is 6.37. The van der Waals surface area contributed by atoms with Gasteiger partial charge >= 0.3 is 6.03 Å². The van der Waals surface area contributed by atoms with Gasteiger partial charge in [-0.1, -0.05) is 36.4 Å². The third-order valence-electron chi connectivity index (χ3n) is 4.24. The molecule has 0 radical (unpaired) electrons.